The number of hydrogen-bond donors (Lipinski definition) is 1. The summed E-state index contributed by atoms with van der Waals surface area (Å²) in [6.45, 7) is 0. The number of halogens is 3. The largest absolute Gasteiger partial charge is 0.433 e. The van der Waals surface area contributed by atoms with Crippen molar-refractivity contribution in [1.82, 2.24) is 4.98 Å². The minimum atomic E-state index is -4.52. The van der Waals surface area contributed by atoms with Crippen LogP contribution in [0.2, 0.25) is 0 Å². The molecule has 3 nitrogen and oxygen atoms in total. The van der Waals surface area contributed by atoms with Crippen LogP contribution >= 0.6 is 0 Å². The summed E-state index contributed by atoms with van der Waals surface area (Å²) >= 11 is 0. The lowest BCUT2D eigenvalue weighted by Crippen LogP contribution is -2.41. The van der Waals surface area contributed by atoms with Crippen LogP contribution in [0, 0.1) is 0 Å². The van der Waals surface area contributed by atoms with Crippen molar-refractivity contribution in [3.63, 3.8) is 0 Å². The molecule has 3 heterocycles. The molecule has 2 atom stereocenters. The summed E-state index contributed by atoms with van der Waals surface area (Å²) < 4.78 is 50.0. The number of aliphatic hydroxyl groups is 1. The molecule has 0 saturated carbocycles. The van der Waals surface area contributed by atoms with Gasteiger partial charge in [0.25, 0.3) is 0 Å². The van der Waals surface area contributed by atoms with Crippen molar-refractivity contribution < 1.29 is 22.5 Å². The van der Waals surface area contributed by atoms with E-state index < -0.39 is 28.3 Å². The average molecular weight is 305 g/mol. The summed E-state index contributed by atoms with van der Waals surface area (Å²) in [4.78, 5) is 3.59. The van der Waals surface area contributed by atoms with E-state index in [1.54, 1.807) is 0 Å². The molecule has 2 aliphatic heterocycles. The molecule has 2 unspecified atom stereocenters. The third-order valence-electron chi connectivity index (χ3n) is 4.11. The minimum Gasteiger partial charge on any atom is -0.383 e. The number of fused-ring (bicyclic) bond motifs is 2. The van der Waals surface area contributed by atoms with Crippen molar-refractivity contribution in [1.29, 1.82) is 0 Å². The normalized spacial score (nSPS) is 37.1. The first-order valence-corrected chi connectivity index (χ1v) is 7.74. The van der Waals surface area contributed by atoms with E-state index in [0.29, 0.717) is 0 Å². The van der Waals surface area contributed by atoms with Gasteiger partial charge < -0.3 is 5.11 Å². The van der Waals surface area contributed by atoms with Gasteiger partial charge in [0.15, 0.2) is 0 Å². The van der Waals surface area contributed by atoms with E-state index in [2.05, 4.69) is 4.98 Å². The van der Waals surface area contributed by atoms with Gasteiger partial charge >= 0.3 is 6.18 Å². The Kier molecular flexibility index (Phi) is 3.17. The van der Waals surface area contributed by atoms with Gasteiger partial charge in [0.1, 0.15) is 11.3 Å². The summed E-state index contributed by atoms with van der Waals surface area (Å²) in [6, 6.07) is 3.57. The van der Waals surface area contributed by atoms with Crippen LogP contribution in [0.1, 0.15) is 37.1 Å². The zero-order valence-electron chi connectivity index (χ0n) is 10.6. The van der Waals surface area contributed by atoms with Gasteiger partial charge in [0.05, 0.1) is 5.69 Å². The second-order valence-corrected chi connectivity index (χ2v) is 7.49. The number of alkyl halides is 3. The maximum atomic E-state index is 12.7. The zero-order chi connectivity index (χ0) is 14.5. The highest BCUT2D eigenvalue weighted by atomic mass is 32.2. The van der Waals surface area contributed by atoms with Crippen LogP contribution in [0.15, 0.2) is 18.2 Å². The average Bonchev–Trinajstić information content (AvgIpc) is 2.62. The molecule has 3 rings (SSSR count). The third-order valence-corrected chi connectivity index (χ3v) is 6.23. The first-order chi connectivity index (χ1) is 9.29. The molecule has 1 aromatic rings. The second-order valence-electron chi connectivity index (χ2n) is 5.50. The lowest BCUT2D eigenvalue weighted by molar-refractivity contribution is -0.141. The molecule has 0 radical (unpaired) electrons. The number of rotatable bonds is 1. The molecule has 2 fully saturated rings. The van der Waals surface area contributed by atoms with Crippen molar-refractivity contribution in [3.05, 3.63) is 29.6 Å². The Labute approximate surface area is 116 Å². The van der Waals surface area contributed by atoms with Gasteiger partial charge in [-0.05, 0) is 37.8 Å². The molecule has 2 aliphatic rings. The molecule has 20 heavy (non-hydrogen) atoms. The number of pyridine rings is 1. The van der Waals surface area contributed by atoms with E-state index in [1.165, 1.54) is 12.1 Å². The number of hydrogen-bond acceptors (Lipinski definition) is 3. The first-order valence-electron chi connectivity index (χ1n) is 6.46. The van der Waals surface area contributed by atoms with E-state index in [4.69, 9.17) is 0 Å². The molecule has 1 aromatic heterocycles. The van der Waals surface area contributed by atoms with Gasteiger partial charge in [-0.2, -0.15) is 13.2 Å². The van der Waals surface area contributed by atoms with E-state index in [-0.39, 0.29) is 29.0 Å². The predicted molar refractivity (Wildman–Crippen MR) is 67.3 cm³/mol. The van der Waals surface area contributed by atoms with Gasteiger partial charge in [0.2, 0.25) is 0 Å². The standard InChI is InChI=1S/C13H14F3NO2S/c14-13(15,16)11-3-1-2-10(17-11)12(18)6-8-4-5-9(7-12)20(8)19/h1-3,8-9,18H,4-7H2. The lowest BCUT2D eigenvalue weighted by Gasteiger charge is -2.35. The summed E-state index contributed by atoms with van der Waals surface area (Å²) in [6.07, 6.45) is -2.55. The van der Waals surface area contributed by atoms with Crippen LogP contribution in [-0.2, 0) is 22.6 Å². The Morgan fingerprint density at radius 3 is 2.40 bits per heavy atom. The smallest absolute Gasteiger partial charge is 0.383 e. The molecule has 1 N–H and O–H groups in total. The number of aromatic nitrogens is 1. The molecule has 0 amide bonds. The molecule has 0 aromatic carbocycles. The van der Waals surface area contributed by atoms with Crippen molar-refractivity contribution in [3.8, 4) is 0 Å². The SMILES string of the molecule is O=S1C2CCC1CC(O)(c1cccc(C(F)(F)F)n1)C2. The van der Waals surface area contributed by atoms with E-state index in [1.807, 2.05) is 0 Å². The van der Waals surface area contributed by atoms with E-state index in [0.717, 1.165) is 18.9 Å². The topological polar surface area (TPSA) is 50.2 Å². The highest BCUT2D eigenvalue weighted by molar-refractivity contribution is 7.86. The van der Waals surface area contributed by atoms with E-state index >= 15 is 0 Å². The zero-order valence-corrected chi connectivity index (χ0v) is 11.4. The van der Waals surface area contributed by atoms with Crippen LogP contribution < -0.4 is 0 Å². The maximum absolute atomic E-state index is 12.7. The predicted octanol–water partition coefficient (Wildman–Crippen LogP) is 2.36. The third kappa shape index (κ3) is 2.26. The Bertz CT molecular complexity index is 545. The minimum absolute atomic E-state index is 0.0425. The molecular weight excluding hydrogens is 291 g/mol. The molecule has 0 aliphatic carbocycles. The summed E-state index contributed by atoms with van der Waals surface area (Å²) in [5.41, 5.74) is -2.34. The van der Waals surface area contributed by atoms with Crippen LogP contribution in [0.5, 0.6) is 0 Å². The monoisotopic (exact) mass is 305 g/mol. The van der Waals surface area contributed by atoms with Crippen LogP contribution in [-0.4, -0.2) is 24.8 Å². The summed E-state index contributed by atoms with van der Waals surface area (Å²) in [5.74, 6) is 0. The van der Waals surface area contributed by atoms with Gasteiger partial charge in [-0.3, -0.25) is 4.21 Å². The highest BCUT2D eigenvalue weighted by Gasteiger charge is 2.49. The van der Waals surface area contributed by atoms with Crippen LogP contribution in [0.25, 0.3) is 0 Å². The molecule has 2 saturated heterocycles. The Morgan fingerprint density at radius 1 is 1.25 bits per heavy atom. The summed E-state index contributed by atoms with van der Waals surface area (Å²) in [7, 11) is -0.971. The van der Waals surface area contributed by atoms with Crippen LogP contribution in [0.4, 0.5) is 13.2 Å². The van der Waals surface area contributed by atoms with Gasteiger partial charge in [-0.25, -0.2) is 4.98 Å². The van der Waals surface area contributed by atoms with Gasteiger partial charge in [-0.1, -0.05) is 6.07 Å². The molecule has 2 bridgehead atoms. The van der Waals surface area contributed by atoms with Crippen molar-refractivity contribution in [2.24, 2.45) is 0 Å². The molecular formula is C13H14F3NO2S. The Morgan fingerprint density at radius 2 is 1.85 bits per heavy atom. The van der Waals surface area contributed by atoms with E-state index in [9.17, 15) is 22.5 Å². The molecule has 0 spiro atoms. The van der Waals surface area contributed by atoms with Gasteiger partial charge in [0, 0.05) is 21.3 Å². The quantitative estimate of drug-likeness (QED) is 0.866. The van der Waals surface area contributed by atoms with Crippen molar-refractivity contribution >= 4 is 10.8 Å². The Balaban J connectivity index is 1.95. The Hall–Kier alpha value is -0.950. The molecule has 110 valence electrons. The maximum Gasteiger partial charge on any atom is 0.433 e. The van der Waals surface area contributed by atoms with Crippen molar-refractivity contribution in [2.45, 2.75) is 48.0 Å². The van der Waals surface area contributed by atoms with Gasteiger partial charge in [-0.15, -0.1) is 0 Å². The molecule has 7 heteroatoms. The van der Waals surface area contributed by atoms with Crippen molar-refractivity contribution in [2.75, 3.05) is 0 Å². The fourth-order valence-corrected chi connectivity index (χ4v) is 5.30. The fraction of sp³-hybridized carbons (Fsp3) is 0.615. The lowest BCUT2D eigenvalue weighted by atomic mass is 9.89. The first kappa shape index (κ1) is 14.0. The van der Waals surface area contributed by atoms with Crippen LogP contribution in [0.3, 0.4) is 0 Å². The second kappa shape index (κ2) is 4.53. The number of nitrogens with zero attached hydrogens (tertiary/aromatic N) is 1. The fourth-order valence-electron chi connectivity index (χ4n) is 3.14. The summed E-state index contributed by atoms with van der Waals surface area (Å²) in [5, 5.41) is 10.4. The highest BCUT2D eigenvalue weighted by Crippen LogP contribution is 2.45.